The summed E-state index contributed by atoms with van der Waals surface area (Å²) in [5.41, 5.74) is 0.435. The SMILES string of the molecule is CCC1CNC(C)(C)CN1c1ccc(F)cc1F. The second kappa shape index (κ2) is 4.84. The fourth-order valence-electron chi connectivity index (χ4n) is 2.48. The molecule has 18 heavy (non-hydrogen) atoms. The zero-order chi connectivity index (χ0) is 13.3. The highest BCUT2D eigenvalue weighted by molar-refractivity contribution is 5.50. The Morgan fingerprint density at radius 3 is 2.72 bits per heavy atom. The summed E-state index contributed by atoms with van der Waals surface area (Å²) < 4.78 is 26.9. The molecule has 1 heterocycles. The summed E-state index contributed by atoms with van der Waals surface area (Å²) in [6.45, 7) is 7.80. The topological polar surface area (TPSA) is 15.3 Å². The molecule has 0 aliphatic carbocycles. The van der Waals surface area contributed by atoms with Gasteiger partial charge in [-0.25, -0.2) is 8.78 Å². The number of benzene rings is 1. The highest BCUT2D eigenvalue weighted by atomic mass is 19.1. The van der Waals surface area contributed by atoms with Gasteiger partial charge < -0.3 is 10.2 Å². The van der Waals surface area contributed by atoms with Crippen LogP contribution in [-0.2, 0) is 0 Å². The molecule has 2 rings (SSSR count). The van der Waals surface area contributed by atoms with Crippen LogP contribution in [0.4, 0.5) is 14.5 Å². The number of nitrogens with one attached hydrogen (secondary N) is 1. The molecule has 1 atom stereocenters. The molecule has 1 aliphatic rings. The summed E-state index contributed by atoms with van der Waals surface area (Å²) in [7, 11) is 0. The first-order chi connectivity index (χ1) is 8.43. The van der Waals surface area contributed by atoms with Gasteiger partial charge >= 0.3 is 0 Å². The zero-order valence-electron chi connectivity index (χ0n) is 11.1. The predicted octanol–water partition coefficient (Wildman–Crippen LogP) is 2.93. The van der Waals surface area contributed by atoms with Crippen molar-refractivity contribution in [1.29, 1.82) is 0 Å². The normalized spacial score (nSPS) is 23.2. The lowest BCUT2D eigenvalue weighted by Crippen LogP contribution is -2.61. The Morgan fingerprint density at radius 1 is 1.39 bits per heavy atom. The van der Waals surface area contributed by atoms with Gasteiger partial charge in [-0.05, 0) is 32.4 Å². The summed E-state index contributed by atoms with van der Waals surface area (Å²) >= 11 is 0. The Bertz CT molecular complexity index is 432. The summed E-state index contributed by atoms with van der Waals surface area (Å²) in [5.74, 6) is -1.01. The number of hydrogen-bond acceptors (Lipinski definition) is 2. The van der Waals surface area contributed by atoms with E-state index in [4.69, 9.17) is 0 Å². The van der Waals surface area contributed by atoms with Crippen molar-refractivity contribution in [2.75, 3.05) is 18.0 Å². The van der Waals surface area contributed by atoms with E-state index in [1.165, 1.54) is 12.1 Å². The molecule has 100 valence electrons. The van der Waals surface area contributed by atoms with Crippen LogP contribution in [0.5, 0.6) is 0 Å². The van der Waals surface area contributed by atoms with Crippen LogP contribution in [0.15, 0.2) is 18.2 Å². The van der Waals surface area contributed by atoms with E-state index in [1.54, 1.807) is 0 Å². The monoisotopic (exact) mass is 254 g/mol. The Morgan fingerprint density at radius 2 is 2.11 bits per heavy atom. The van der Waals surface area contributed by atoms with E-state index >= 15 is 0 Å². The molecule has 1 saturated heterocycles. The second-order valence-electron chi connectivity index (χ2n) is 5.55. The molecular formula is C14H20F2N2. The molecular weight excluding hydrogens is 234 g/mol. The van der Waals surface area contributed by atoms with Crippen molar-refractivity contribution in [3.05, 3.63) is 29.8 Å². The minimum absolute atomic E-state index is 0.0630. The summed E-state index contributed by atoms with van der Waals surface area (Å²) in [6, 6.07) is 4.06. The Labute approximate surface area is 107 Å². The molecule has 0 saturated carbocycles. The van der Waals surface area contributed by atoms with Crippen molar-refractivity contribution < 1.29 is 8.78 Å². The predicted molar refractivity (Wildman–Crippen MR) is 69.9 cm³/mol. The van der Waals surface area contributed by atoms with Crippen LogP contribution in [0, 0.1) is 11.6 Å². The van der Waals surface area contributed by atoms with E-state index < -0.39 is 11.6 Å². The number of anilines is 1. The molecule has 1 aromatic rings. The maximum Gasteiger partial charge on any atom is 0.149 e. The molecule has 0 aromatic heterocycles. The van der Waals surface area contributed by atoms with Crippen LogP contribution in [-0.4, -0.2) is 24.7 Å². The number of halogens is 2. The average molecular weight is 254 g/mol. The van der Waals surface area contributed by atoms with E-state index in [0.29, 0.717) is 12.2 Å². The van der Waals surface area contributed by atoms with E-state index in [1.807, 2.05) is 4.90 Å². The lowest BCUT2D eigenvalue weighted by atomic mass is 9.96. The summed E-state index contributed by atoms with van der Waals surface area (Å²) in [5, 5.41) is 3.45. The van der Waals surface area contributed by atoms with Crippen LogP contribution in [0.3, 0.4) is 0 Å². The second-order valence-corrected chi connectivity index (χ2v) is 5.55. The smallest absolute Gasteiger partial charge is 0.149 e. The molecule has 1 fully saturated rings. The number of piperazine rings is 1. The Kier molecular flexibility index (Phi) is 3.57. The fourth-order valence-corrected chi connectivity index (χ4v) is 2.48. The molecule has 0 radical (unpaired) electrons. The average Bonchev–Trinajstić information content (AvgIpc) is 2.28. The maximum absolute atomic E-state index is 13.9. The van der Waals surface area contributed by atoms with Gasteiger partial charge in [-0.15, -0.1) is 0 Å². The molecule has 4 heteroatoms. The van der Waals surface area contributed by atoms with E-state index in [0.717, 1.165) is 19.0 Å². The van der Waals surface area contributed by atoms with Gasteiger partial charge in [0.25, 0.3) is 0 Å². The van der Waals surface area contributed by atoms with Crippen molar-refractivity contribution in [1.82, 2.24) is 5.32 Å². The van der Waals surface area contributed by atoms with Crippen LogP contribution in [0.1, 0.15) is 27.2 Å². The molecule has 0 amide bonds. The van der Waals surface area contributed by atoms with Gasteiger partial charge in [0.15, 0.2) is 0 Å². The standard InChI is InChI=1S/C14H20F2N2/c1-4-11-8-17-14(2,3)9-18(11)13-6-5-10(15)7-12(13)16/h5-7,11,17H,4,8-9H2,1-3H3. The number of hydrogen-bond donors (Lipinski definition) is 1. The van der Waals surface area contributed by atoms with Crippen molar-refractivity contribution >= 4 is 5.69 Å². The van der Waals surface area contributed by atoms with Crippen LogP contribution >= 0.6 is 0 Å². The molecule has 1 aromatic carbocycles. The first kappa shape index (κ1) is 13.3. The van der Waals surface area contributed by atoms with Crippen molar-refractivity contribution in [3.63, 3.8) is 0 Å². The quantitative estimate of drug-likeness (QED) is 0.873. The molecule has 0 bridgehead atoms. The third kappa shape index (κ3) is 2.64. The largest absolute Gasteiger partial charge is 0.363 e. The van der Waals surface area contributed by atoms with Gasteiger partial charge in [-0.2, -0.15) is 0 Å². The molecule has 2 nitrogen and oxygen atoms in total. The third-order valence-corrected chi connectivity index (χ3v) is 3.51. The maximum atomic E-state index is 13.9. The third-order valence-electron chi connectivity index (χ3n) is 3.51. The molecule has 1 N–H and O–H groups in total. The van der Waals surface area contributed by atoms with Crippen LogP contribution < -0.4 is 10.2 Å². The van der Waals surface area contributed by atoms with Gasteiger partial charge in [0.05, 0.1) is 5.69 Å². The van der Waals surface area contributed by atoms with Gasteiger partial charge in [-0.1, -0.05) is 6.92 Å². The van der Waals surface area contributed by atoms with Gasteiger partial charge in [-0.3, -0.25) is 0 Å². The Balaban J connectivity index is 2.32. The van der Waals surface area contributed by atoms with Crippen molar-refractivity contribution in [3.8, 4) is 0 Å². The Hall–Kier alpha value is -1.16. The minimum Gasteiger partial charge on any atom is -0.363 e. The number of rotatable bonds is 2. The van der Waals surface area contributed by atoms with E-state index in [9.17, 15) is 8.78 Å². The highest BCUT2D eigenvalue weighted by Crippen LogP contribution is 2.27. The van der Waals surface area contributed by atoms with E-state index in [-0.39, 0.29) is 11.6 Å². The minimum atomic E-state index is -0.529. The first-order valence-corrected chi connectivity index (χ1v) is 6.39. The van der Waals surface area contributed by atoms with E-state index in [2.05, 4.69) is 26.1 Å². The van der Waals surface area contributed by atoms with Crippen molar-refractivity contribution in [2.24, 2.45) is 0 Å². The zero-order valence-corrected chi connectivity index (χ0v) is 11.1. The number of nitrogens with zero attached hydrogens (tertiary/aromatic N) is 1. The first-order valence-electron chi connectivity index (χ1n) is 6.39. The summed E-state index contributed by atoms with van der Waals surface area (Å²) in [6.07, 6.45) is 0.930. The summed E-state index contributed by atoms with van der Waals surface area (Å²) in [4.78, 5) is 2.05. The fraction of sp³-hybridized carbons (Fsp3) is 0.571. The van der Waals surface area contributed by atoms with Gasteiger partial charge in [0.2, 0.25) is 0 Å². The molecule has 1 aliphatic heterocycles. The lowest BCUT2D eigenvalue weighted by molar-refractivity contribution is 0.304. The van der Waals surface area contributed by atoms with Crippen LogP contribution in [0.25, 0.3) is 0 Å². The highest BCUT2D eigenvalue weighted by Gasteiger charge is 2.32. The molecule has 0 spiro atoms. The van der Waals surface area contributed by atoms with Crippen molar-refractivity contribution in [2.45, 2.75) is 38.8 Å². The van der Waals surface area contributed by atoms with Gasteiger partial charge in [0, 0.05) is 30.7 Å². The lowest BCUT2D eigenvalue weighted by Gasteiger charge is -2.45. The van der Waals surface area contributed by atoms with Gasteiger partial charge in [0.1, 0.15) is 11.6 Å². The molecule has 1 unspecified atom stereocenters. The van der Waals surface area contributed by atoms with Crippen LogP contribution in [0.2, 0.25) is 0 Å².